The van der Waals surface area contributed by atoms with E-state index in [1.807, 2.05) is 13.0 Å². The lowest BCUT2D eigenvalue weighted by molar-refractivity contribution is -0.125. The van der Waals surface area contributed by atoms with E-state index in [9.17, 15) is 9.59 Å². The van der Waals surface area contributed by atoms with Crippen LogP contribution in [-0.4, -0.2) is 31.4 Å². The molecule has 0 aromatic heterocycles. The third kappa shape index (κ3) is 4.71. The maximum atomic E-state index is 11.9. The molecule has 1 unspecified atom stereocenters. The van der Waals surface area contributed by atoms with Crippen LogP contribution in [0.5, 0.6) is 0 Å². The van der Waals surface area contributed by atoms with Crippen LogP contribution < -0.4 is 16.0 Å². The Morgan fingerprint density at radius 2 is 2.23 bits per heavy atom. The van der Waals surface area contributed by atoms with Crippen molar-refractivity contribution in [1.29, 1.82) is 0 Å². The summed E-state index contributed by atoms with van der Waals surface area (Å²) in [5, 5.41) is 9.47. The van der Waals surface area contributed by atoms with Crippen molar-refractivity contribution < 1.29 is 9.59 Å². The molecule has 1 saturated heterocycles. The molecule has 1 aromatic carbocycles. The summed E-state index contributed by atoms with van der Waals surface area (Å²) in [5.74, 6) is -0.0849. The van der Waals surface area contributed by atoms with Gasteiger partial charge in [0, 0.05) is 30.2 Å². The van der Waals surface area contributed by atoms with Crippen LogP contribution in [-0.2, 0) is 9.59 Å². The standard InChI is InChI=1S/C16H22ClN3O2/c1-11-13(17)5-2-6-14(11)20-15(21)7-9-19-16(22)12-4-3-8-18-10-12/h2,5-6,12,18H,3-4,7-10H2,1H3,(H,19,22)(H,20,21). The van der Waals surface area contributed by atoms with Crippen molar-refractivity contribution >= 4 is 29.1 Å². The normalized spacial score (nSPS) is 17.8. The lowest BCUT2D eigenvalue weighted by Gasteiger charge is -2.21. The zero-order valence-corrected chi connectivity index (χ0v) is 13.5. The second-order valence-electron chi connectivity index (χ2n) is 5.54. The summed E-state index contributed by atoms with van der Waals surface area (Å²) >= 11 is 6.01. The fourth-order valence-corrected chi connectivity index (χ4v) is 2.65. The quantitative estimate of drug-likeness (QED) is 0.777. The molecule has 0 saturated carbocycles. The van der Waals surface area contributed by atoms with Crippen LogP contribution in [0, 0.1) is 12.8 Å². The Morgan fingerprint density at radius 1 is 1.41 bits per heavy atom. The Bertz CT molecular complexity index is 542. The molecule has 5 nitrogen and oxygen atoms in total. The molecule has 1 heterocycles. The molecule has 120 valence electrons. The Kier molecular flexibility index (Phi) is 6.21. The molecule has 0 bridgehead atoms. The van der Waals surface area contributed by atoms with Crippen molar-refractivity contribution in [3.8, 4) is 0 Å². The average molecular weight is 324 g/mol. The van der Waals surface area contributed by atoms with Gasteiger partial charge in [0.2, 0.25) is 11.8 Å². The molecule has 2 rings (SSSR count). The van der Waals surface area contributed by atoms with E-state index in [1.54, 1.807) is 12.1 Å². The van der Waals surface area contributed by atoms with Crippen LogP contribution in [0.25, 0.3) is 0 Å². The summed E-state index contributed by atoms with van der Waals surface area (Å²) in [6.07, 6.45) is 2.18. The van der Waals surface area contributed by atoms with Crippen molar-refractivity contribution in [2.45, 2.75) is 26.2 Å². The average Bonchev–Trinajstić information content (AvgIpc) is 2.52. The Labute approximate surface area is 135 Å². The minimum absolute atomic E-state index is 0.0204. The summed E-state index contributed by atoms with van der Waals surface area (Å²) in [7, 11) is 0. The summed E-state index contributed by atoms with van der Waals surface area (Å²) < 4.78 is 0. The number of rotatable bonds is 5. The number of hydrogen-bond acceptors (Lipinski definition) is 3. The van der Waals surface area contributed by atoms with E-state index in [2.05, 4.69) is 16.0 Å². The van der Waals surface area contributed by atoms with Crippen molar-refractivity contribution in [1.82, 2.24) is 10.6 Å². The largest absolute Gasteiger partial charge is 0.355 e. The third-order valence-corrected chi connectivity index (χ3v) is 4.27. The number of anilines is 1. The van der Waals surface area contributed by atoms with Gasteiger partial charge < -0.3 is 16.0 Å². The highest BCUT2D eigenvalue weighted by atomic mass is 35.5. The molecule has 2 amide bonds. The van der Waals surface area contributed by atoms with Gasteiger partial charge in [-0.15, -0.1) is 0 Å². The number of halogens is 1. The molecule has 1 fully saturated rings. The topological polar surface area (TPSA) is 70.2 Å². The van der Waals surface area contributed by atoms with Crippen LogP contribution in [0.2, 0.25) is 5.02 Å². The summed E-state index contributed by atoms with van der Waals surface area (Å²) in [5.41, 5.74) is 1.55. The van der Waals surface area contributed by atoms with Gasteiger partial charge in [-0.05, 0) is 44.0 Å². The van der Waals surface area contributed by atoms with E-state index in [0.717, 1.165) is 31.5 Å². The van der Waals surface area contributed by atoms with E-state index in [0.29, 0.717) is 17.3 Å². The molecule has 3 N–H and O–H groups in total. The van der Waals surface area contributed by atoms with Crippen molar-refractivity contribution in [3.63, 3.8) is 0 Å². The van der Waals surface area contributed by atoms with Gasteiger partial charge >= 0.3 is 0 Å². The molecule has 6 heteroatoms. The molecule has 1 aromatic rings. The van der Waals surface area contributed by atoms with Gasteiger partial charge in [0.05, 0.1) is 5.92 Å². The molecule has 1 aliphatic rings. The van der Waals surface area contributed by atoms with E-state index in [-0.39, 0.29) is 24.2 Å². The Hall–Kier alpha value is -1.59. The van der Waals surface area contributed by atoms with Crippen LogP contribution in [0.1, 0.15) is 24.8 Å². The SMILES string of the molecule is Cc1c(Cl)cccc1NC(=O)CCNC(=O)C1CCCNC1. The first-order valence-corrected chi connectivity index (χ1v) is 7.99. The number of hydrogen-bond donors (Lipinski definition) is 3. The Balaban J connectivity index is 1.73. The number of carbonyl (C=O) groups is 2. The number of piperidine rings is 1. The smallest absolute Gasteiger partial charge is 0.226 e. The van der Waals surface area contributed by atoms with Crippen LogP contribution in [0.3, 0.4) is 0 Å². The summed E-state index contributed by atoms with van der Waals surface area (Å²) in [6.45, 7) is 3.90. The van der Waals surface area contributed by atoms with Gasteiger partial charge in [0.1, 0.15) is 0 Å². The maximum absolute atomic E-state index is 11.9. The first kappa shape index (κ1) is 16.8. The van der Waals surface area contributed by atoms with Gasteiger partial charge in [0.25, 0.3) is 0 Å². The number of amides is 2. The fourth-order valence-electron chi connectivity index (χ4n) is 2.47. The molecule has 1 aliphatic heterocycles. The van der Waals surface area contributed by atoms with Gasteiger partial charge in [-0.25, -0.2) is 0 Å². The molecular formula is C16H22ClN3O2. The number of benzene rings is 1. The van der Waals surface area contributed by atoms with Gasteiger partial charge in [0.15, 0.2) is 0 Å². The zero-order chi connectivity index (χ0) is 15.9. The van der Waals surface area contributed by atoms with E-state index < -0.39 is 0 Å². The lowest BCUT2D eigenvalue weighted by Crippen LogP contribution is -2.41. The lowest BCUT2D eigenvalue weighted by atomic mass is 9.99. The Morgan fingerprint density at radius 3 is 2.95 bits per heavy atom. The zero-order valence-electron chi connectivity index (χ0n) is 12.7. The van der Waals surface area contributed by atoms with Crippen molar-refractivity contribution in [3.05, 3.63) is 28.8 Å². The number of nitrogens with one attached hydrogen (secondary N) is 3. The van der Waals surface area contributed by atoms with E-state index >= 15 is 0 Å². The molecule has 0 radical (unpaired) electrons. The monoisotopic (exact) mass is 323 g/mol. The van der Waals surface area contributed by atoms with Crippen LogP contribution in [0.15, 0.2) is 18.2 Å². The highest BCUT2D eigenvalue weighted by Gasteiger charge is 2.20. The maximum Gasteiger partial charge on any atom is 0.226 e. The predicted molar refractivity (Wildman–Crippen MR) is 88.0 cm³/mol. The van der Waals surface area contributed by atoms with Crippen molar-refractivity contribution in [2.75, 3.05) is 25.0 Å². The van der Waals surface area contributed by atoms with E-state index in [4.69, 9.17) is 11.6 Å². The third-order valence-electron chi connectivity index (χ3n) is 3.86. The predicted octanol–water partition coefficient (Wildman–Crippen LogP) is 2.09. The first-order valence-electron chi connectivity index (χ1n) is 7.61. The second kappa shape index (κ2) is 8.15. The molecule has 0 spiro atoms. The molecular weight excluding hydrogens is 302 g/mol. The summed E-state index contributed by atoms with van der Waals surface area (Å²) in [4.78, 5) is 23.9. The van der Waals surface area contributed by atoms with Crippen LogP contribution >= 0.6 is 11.6 Å². The van der Waals surface area contributed by atoms with Gasteiger partial charge in [-0.3, -0.25) is 9.59 Å². The van der Waals surface area contributed by atoms with Crippen molar-refractivity contribution in [2.24, 2.45) is 5.92 Å². The fraction of sp³-hybridized carbons (Fsp3) is 0.500. The molecule has 22 heavy (non-hydrogen) atoms. The van der Waals surface area contributed by atoms with Gasteiger partial charge in [-0.1, -0.05) is 17.7 Å². The number of carbonyl (C=O) groups excluding carboxylic acids is 2. The highest BCUT2D eigenvalue weighted by Crippen LogP contribution is 2.22. The molecule has 1 atom stereocenters. The second-order valence-corrected chi connectivity index (χ2v) is 5.95. The summed E-state index contributed by atoms with van der Waals surface area (Å²) in [6, 6.07) is 5.39. The minimum atomic E-state index is -0.132. The molecule has 0 aliphatic carbocycles. The minimum Gasteiger partial charge on any atom is -0.355 e. The van der Waals surface area contributed by atoms with Crippen LogP contribution in [0.4, 0.5) is 5.69 Å². The van der Waals surface area contributed by atoms with E-state index in [1.165, 1.54) is 0 Å². The first-order chi connectivity index (χ1) is 10.6. The van der Waals surface area contributed by atoms with Gasteiger partial charge in [-0.2, -0.15) is 0 Å². The highest BCUT2D eigenvalue weighted by molar-refractivity contribution is 6.31.